The van der Waals surface area contributed by atoms with Crippen molar-refractivity contribution in [3.8, 4) is 23.0 Å². The molecule has 0 saturated heterocycles. The third kappa shape index (κ3) is 7.04. The number of rotatable bonds is 12. The van der Waals surface area contributed by atoms with Crippen LogP contribution in [0.4, 0.5) is 11.4 Å². The first-order valence-electron chi connectivity index (χ1n) is 11.0. The maximum atomic E-state index is 13.0. The molecule has 2 amide bonds. The molecule has 0 aliphatic carbocycles. The number of sulfonamides is 1. The smallest absolute Gasteiger partial charge is 0.261 e. The fraction of sp³-hybridized carbons (Fsp3) is 0.200. The van der Waals surface area contributed by atoms with Gasteiger partial charge in [-0.15, -0.1) is 0 Å². The van der Waals surface area contributed by atoms with Crippen LogP contribution >= 0.6 is 0 Å². The van der Waals surface area contributed by atoms with Gasteiger partial charge in [0.2, 0.25) is 0 Å². The summed E-state index contributed by atoms with van der Waals surface area (Å²) in [5, 5.41) is 2.65. The standard InChI is InChI=1S/C25H27N3O8S/c1-4-35-18-8-6-17(7-9-18)28-37(31,32)19-10-12-21(33-2)20(14-19)27-25(30)16-5-11-22(23(13-16)34-3)36-15-24(26)29/h5-14,28H,4,15H2,1-3H3,(H2,26,29)(H,27,30). The van der Waals surface area contributed by atoms with Crippen LogP contribution in [0.15, 0.2) is 65.6 Å². The number of anilines is 2. The van der Waals surface area contributed by atoms with E-state index in [4.69, 9.17) is 24.7 Å². The molecule has 0 atom stereocenters. The third-order valence-corrected chi connectivity index (χ3v) is 6.32. The zero-order valence-corrected chi connectivity index (χ0v) is 21.3. The summed E-state index contributed by atoms with van der Waals surface area (Å²) >= 11 is 0. The molecule has 0 radical (unpaired) electrons. The van der Waals surface area contributed by atoms with Crippen LogP contribution in [0.25, 0.3) is 0 Å². The molecular formula is C25H27N3O8S. The first-order valence-corrected chi connectivity index (χ1v) is 12.5. The van der Waals surface area contributed by atoms with E-state index in [0.717, 1.165) is 0 Å². The molecule has 0 bridgehead atoms. The summed E-state index contributed by atoms with van der Waals surface area (Å²) in [4.78, 5) is 23.8. The number of nitrogens with two attached hydrogens (primary N) is 1. The number of hydrogen-bond donors (Lipinski definition) is 3. The molecule has 0 fully saturated rings. The molecule has 0 aromatic heterocycles. The van der Waals surface area contributed by atoms with Crippen molar-refractivity contribution in [2.24, 2.45) is 5.73 Å². The number of primary amides is 1. The van der Waals surface area contributed by atoms with E-state index < -0.39 is 21.8 Å². The fourth-order valence-corrected chi connectivity index (χ4v) is 4.31. The second kappa shape index (κ2) is 12.0. The van der Waals surface area contributed by atoms with Gasteiger partial charge in [-0.1, -0.05) is 0 Å². The van der Waals surface area contributed by atoms with Gasteiger partial charge in [0.15, 0.2) is 18.1 Å². The maximum Gasteiger partial charge on any atom is 0.261 e. The molecule has 196 valence electrons. The van der Waals surface area contributed by atoms with Crippen LogP contribution in [0.5, 0.6) is 23.0 Å². The topological polar surface area (TPSA) is 155 Å². The molecule has 3 rings (SSSR count). The number of nitrogens with one attached hydrogen (secondary N) is 2. The van der Waals surface area contributed by atoms with Gasteiger partial charge in [-0.25, -0.2) is 8.42 Å². The lowest BCUT2D eigenvalue weighted by Gasteiger charge is -2.15. The quantitative estimate of drug-likeness (QED) is 0.323. The zero-order chi connectivity index (χ0) is 27.0. The normalized spacial score (nSPS) is 10.8. The Hall–Kier alpha value is -4.45. The Bertz CT molecular complexity index is 1380. The van der Waals surface area contributed by atoms with Gasteiger partial charge >= 0.3 is 0 Å². The zero-order valence-electron chi connectivity index (χ0n) is 20.4. The van der Waals surface area contributed by atoms with Gasteiger partial charge in [0.1, 0.15) is 11.5 Å². The molecular weight excluding hydrogens is 502 g/mol. The van der Waals surface area contributed by atoms with Crippen molar-refractivity contribution < 1.29 is 37.0 Å². The van der Waals surface area contributed by atoms with Gasteiger partial charge in [-0.3, -0.25) is 14.3 Å². The Morgan fingerprint density at radius 1 is 0.865 bits per heavy atom. The molecule has 0 aliphatic rings. The van der Waals surface area contributed by atoms with Gasteiger partial charge < -0.3 is 30.0 Å². The van der Waals surface area contributed by atoms with Crippen molar-refractivity contribution in [3.05, 3.63) is 66.2 Å². The van der Waals surface area contributed by atoms with Crippen LogP contribution < -0.4 is 34.7 Å². The minimum absolute atomic E-state index is 0.0923. The maximum absolute atomic E-state index is 13.0. The Balaban J connectivity index is 1.83. The molecule has 3 aromatic carbocycles. The Morgan fingerprint density at radius 3 is 2.16 bits per heavy atom. The van der Waals surface area contributed by atoms with E-state index in [9.17, 15) is 18.0 Å². The monoisotopic (exact) mass is 529 g/mol. The van der Waals surface area contributed by atoms with E-state index in [1.165, 1.54) is 50.6 Å². The number of hydrogen-bond acceptors (Lipinski definition) is 8. The largest absolute Gasteiger partial charge is 0.495 e. The molecule has 37 heavy (non-hydrogen) atoms. The number of carbonyl (C=O) groups excluding carboxylic acids is 2. The lowest BCUT2D eigenvalue weighted by Crippen LogP contribution is -2.20. The lowest BCUT2D eigenvalue weighted by molar-refractivity contribution is -0.119. The Labute approximate surface area is 214 Å². The predicted octanol–water partition coefficient (Wildman–Crippen LogP) is 3.02. The van der Waals surface area contributed by atoms with Crippen LogP contribution in [0.3, 0.4) is 0 Å². The highest BCUT2D eigenvalue weighted by Gasteiger charge is 2.19. The number of carbonyl (C=O) groups is 2. The summed E-state index contributed by atoms with van der Waals surface area (Å²) in [5.41, 5.74) is 5.76. The summed E-state index contributed by atoms with van der Waals surface area (Å²) in [7, 11) is -1.22. The summed E-state index contributed by atoms with van der Waals surface area (Å²) in [5.74, 6) is 0.0706. The first kappa shape index (κ1) is 27.1. The number of ether oxygens (including phenoxy) is 4. The molecule has 0 spiro atoms. The van der Waals surface area contributed by atoms with Gasteiger partial charge in [0.25, 0.3) is 21.8 Å². The van der Waals surface area contributed by atoms with Crippen molar-refractivity contribution in [2.45, 2.75) is 11.8 Å². The van der Waals surface area contributed by atoms with Crippen LogP contribution in [0.1, 0.15) is 17.3 Å². The summed E-state index contributed by atoms with van der Waals surface area (Å²) in [6.45, 7) is 1.99. The molecule has 0 unspecified atom stereocenters. The van der Waals surface area contributed by atoms with E-state index in [-0.39, 0.29) is 40.0 Å². The van der Waals surface area contributed by atoms with Crippen molar-refractivity contribution in [1.82, 2.24) is 0 Å². The third-order valence-electron chi connectivity index (χ3n) is 4.94. The van der Waals surface area contributed by atoms with Crippen LogP contribution in [-0.4, -0.2) is 47.7 Å². The molecule has 0 aliphatic heterocycles. The summed E-state index contributed by atoms with van der Waals surface area (Å²) in [6, 6.07) is 14.9. The van der Waals surface area contributed by atoms with Gasteiger partial charge in [0, 0.05) is 11.3 Å². The average Bonchev–Trinajstić information content (AvgIpc) is 2.88. The molecule has 0 heterocycles. The Morgan fingerprint density at radius 2 is 1.54 bits per heavy atom. The molecule has 3 aromatic rings. The van der Waals surface area contributed by atoms with Crippen LogP contribution in [-0.2, 0) is 14.8 Å². The van der Waals surface area contributed by atoms with E-state index in [1.807, 2.05) is 6.92 Å². The minimum Gasteiger partial charge on any atom is -0.495 e. The molecule has 0 saturated carbocycles. The highest BCUT2D eigenvalue weighted by Crippen LogP contribution is 2.31. The van der Waals surface area contributed by atoms with Crippen molar-refractivity contribution in [2.75, 3.05) is 37.5 Å². The SMILES string of the molecule is CCOc1ccc(NS(=O)(=O)c2ccc(OC)c(NC(=O)c3ccc(OCC(N)=O)c(OC)c3)c2)cc1. The molecule has 11 nitrogen and oxygen atoms in total. The number of amides is 2. The van der Waals surface area contributed by atoms with Gasteiger partial charge in [-0.05, 0) is 67.6 Å². The van der Waals surface area contributed by atoms with E-state index in [1.54, 1.807) is 24.3 Å². The first-order chi connectivity index (χ1) is 17.7. The van der Waals surface area contributed by atoms with Crippen LogP contribution in [0, 0.1) is 0 Å². The predicted molar refractivity (Wildman–Crippen MR) is 137 cm³/mol. The van der Waals surface area contributed by atoms with Crippen LogP contribution in [0.2, 0.25) is 0 Å². The molecule has 4 N–H and O–H groups in total. The summed E-state index contributed by atoms with van der Waals surface area (Å²) in [6.07, 6.45) is 0. The fourth-order valence-electron chi connectivity index (χ4n) is 3.22. The van der Waals surface area contributed by atoms with Crippen molar-refractivity contribution in [3.63, 3.8) is 0 Å². The number of benzene rings is 3. The van der Waals surface area contributed by atoms with Gasteiger partial charge in [-0.2, -0.15) is 0 Å². The average molecular weight is 530 g/mol. The van der Waals surface area contributed by atoms with E-state index in [0.29, 0.717) is 18.0 Å². The minimum atomic E-state index is -3.99. The lowest BCUT2D eigenvalue weighted by atomic mass is 10.1. The molecule has 12 heteroatoms. The van der Waals surface area contributed by atoms with Gasteiger partial charge in [0.05, 0.1) is 31.4 Å². The highest BCUT2D eigenvalue weighted by molar-refractivity contribution is 7.92. The second-order valence-corrected chi connectivity index (χ2v) is 9.18. The van der Waals surface area contributed by atoms with Crippen molar-refractivity contribution >= 4 is 33.2 Å². The number of methoxy groups -OCH3 is 2. The Kier molecular flexibility index (Phi) is 8.80. The second-order valence-electron chi connectivity index (χ2n) is 7.50. The van der Waals surface area contributed by atoms with E-state index >= 15 is 0 Å². The highest BCUT2D eigenvalue weighted by atomic mass is 32.2. The summed E-state index contributed by atoms with van der Waals surface area (Å²) < 4.78 is 49.6. The van der Waals surface area contributed by atoms with Crippen molar-refractivity contribution in [1.29, 1.82) is 0 Å². The van der Waals surface area contributed by atoms with E-state index in [2.05, 4.69) is 10.0 Å².